The first kappa shape index (κ1) is 19.9. The maximum Gasteiger partial charge on any atom is 0.317 e. The number of hydrogen-bond acceptors (Lipinski definition) is 5. The minimum Gasteiger partial charge on any atom is -0.381 e. The van der Waals surface area contributed by atoms with Crippen LogP contribution < -0.4 is 15.5 Å². The summed E-state index contributed by atoms with van der Waals surface area (Å²) in [6.45, 7) is 4.00. The summed E-state index contributed by atoms with van der Waals surface area (Å²) in [5.74, 6) is 0.942. The van der Waals surface area contributed by atoms with E-state index in [0.29, 0.717) is 12.6 Å². The first-order chi connectivity index (χ1) is 13.5. The van der Waals surface area contributed by atoms with Gasteiger partial charge in [0.15, 0.2) is 0 Å². The average Bonchev–Trinajstić information content (AvgIpc) is 2.93. The number of urea groups is 1. The lowest BCUT2D eigenvalue weighted by molar-refractivity contribution is 0.199. The molecular weight excluding hydrogens is 352 g/mol. The highest BCUT2D eigenvalue weighted by molar-refractivity contribution is 5.74. The number of anilines is 2. The molecule has 2 aromatic rings. The number of likely N-dealkylation sites (tertiary alicyclic amines) is 1. The van der Waals surface area contributed by atoms with Crippen LogP contribution in [0.2, 0.25) is 0 Å². The normalized spacial score (nSPS) is 17.0. The number of pyridine rings is 2. The van der Waals surface area contributed by atoms with E-state index in [0.717, 1.165) is 55.1 Å². The minimum atomic E-state index is -0.0114. The van der Waals surface area contributed by atoms with E-state index in [1.54, 1.807) is 6.20 Å². The van der Waals surface area contributed by atoms with Crippen molar-refractivity contribution < 1.29 is 4.79 Å². The molecule has 0 saturated carbocycles. The molecule has 0 bridgehead atoms. The molecule has 150 valence electrons. The van der Waals surface area contributed by atoms with Crippen molar-refractivity contribution in [2.24, 2.45) is 0 Å². The molecule has 0 unspecified atom stereocenters. The van der Waals surface area contributed by atoms with Gasteiger partial charge in [0.2, 0.25) is 0 Å². The van der Waals surface area contributed by atoms with E-state index >= 15 is 0 Å². The fourth-order valence-corrected chi connectivity index (χ4v) is 3.39. The summed E-state index contributed by atoms with van der Waals surface area (Å²) >= 11 is 0. The zero-order valence-corrected chi connectivity index (χ0v) is 17.0. The predicted molar refractivity (Wildman–Crippen MR) is 113 cm³/mol. The second-order valence-corrected chi connectivity index (χ2v) is 7.48. The number of nitrogens with one attached hydrogen (secondary N) is 2. The summed E-state index contributed by atoms with van der Waals surface area (Å²) in [6, 6.07) is 8.33. The first-order valence-corrected chi connectivity index (χ1v) is 9.86. The van der Waals surface area contributed by atoms with Gasteiger partial charge in [-0.3, -0.25) is 4.98 Å². The monoisotopic (exact) mass is 382 g/mol. The summed E-state index contributed by atoms with van der Waals surface area (Å²) in [5.41, 5.74) is 3.04. The molecule has 2 aromatic heterocycles. The van der Waals surface area contributed by atoms with Gasteiger partial charge in [0.25, 0.3) is 0 Å². The van der Waals surface area contributed by atoms with E-state index < -0.39 is 0 Å². The van der Waals surface area contributed by atoms with E-state index in [9.17, 15) is 4.79 Å². The van der Waals surface area contributed by atoms with Gasteiger partial charge >= 0.3 is 6.03 Å². The van der Waals surface area contributed by atoms with Crippen LogP contribution in [0.1, 0.15) is 30.5 Å². The molecule has 0 spiro atoms. The van der Waals surface area contributed by atoms with Gasteiger partial charge in [-0.05, 0) is 49.9 Å². The van der Waals surface area contributed by atoms with Crippen molar-refractivity contribution in [3.05, 3.63) is 47.9 Å². The van der Waals surface area contributed by atoms with Crippen LogP contribution in [0, 0.1) is 6.92 Å². The Morgan fingerprint density at radius 1 is 1.21 bits per heavy atom. The predicted octanol–water partition coefficient (Wildman–Crippen LogP) is 3.03. The lowest BCUT2D eigenvalue weighted by Gasteiger charge is -2.22. The molecule has 1 aliphatic heterocycles. The van der Waals surface area contributed by atoms with Gasteiger partial charge in [0.05, 0.1) is 24.1 Å². The SMILES string of the molecule is Cc1cccnc1CNC(=O)N1CCC[C@H](Nc2ccc(N(C)C)nc2)CC1. The maximum absolute atomic E-state index is 12.6. The van der Waals surface area contributed by atoms with E-state index in [4.69, 9.17) is 0 Å². The lowest BCUT2D eigenvalue weighted by atomic mass is 10.1. The molecule has 0 aliphatic carbocycles. The molecule has 2 amide bonds. The third-order valence-corrected chi connectivity index (χ3v) is 5.12. The number of nitrogens with zero attached hydrogens (tertiary/aromatic N) is 4. The van der Waals surface area contributed by atoms with Crippen LogP contribution in [-0.4, -0.2) is 54.1 Å². The molecule has 0 radical (unpaired) electrons. The second kappa shape index (κ2) is 9.39. The molecule has 3 heterocycles. The summed E-state index contributed by atoms with van der Waals surface area (Å²) in [7, 11) is 3.96. The first-order valence-electron chi connectivity index (χ1n) is 9.86. The Morgan fingerprint density at radius 2 is 2.07 bits per heavy atom. The van der Waals surface area contributed by atoms with E-state index in [1.165, 1.54) is 0 Å². The Hall–Kier alpha value is -2.83. The molecule has 3 rings (SSSR count). The largest absolute Gasteiger partial charge is 0.381 e. The van der Waals surface area contributed by atoms with Gasteiger partial charge in [-0.2, -0.15) is 0 Å². The van der Waals surface area contributed by atoms with Crippen molar-refractivity contribution in [2.75, 3.05) is 37.4 Å². The number of aromatic nitrogens is 2. The number of rotatable bonds is 5. The van der Waals surface area contributed by atoms with Crippen molar-refractivity contribution in [2.45, 2.75) is 38.8 Å². The Kier molecular flexibility index (Phi) is 6.68. The topological polar surface area (TPSA) is 73.4 Å². The molecule has 7 nitrogen and oxygen atoms in total. The third kappa shape index (κ3) is 5.34. The maximum atomic E-state index is 12.6. The lowest BCUT2D eigenvalue weighted by Crippen LogP contribution is -2.40. The standard InChI is InChI=1S/C21H30N6O/c1-16-6-4-11-22-19(16)15-24-21(28)27-12-5-7-17(10-13-27)25-18-8-9-20(23-14-18)26(2)3/h4,6,8-9,11,14,17,25H,5,7,10,12-13,15H2,1-3H3,(H,24,28)/t17-/m0/s1. The van der Waals surface area contributed by atoms with Gasteiger partial charge in [-0.1, -0.05) is 6.07 Å². The van der Waals surface area contributed by atoms with Crippen LogP contribution in [0.15, 0.2) is 36.7 Å². The van der Waals surface area contributed by atoms with Crippen LogP contribution >= 0.6 is 0 Å². The third-order valence-electron chi connectivity index (χ3n) is 5.12. The zero-order chi connectivity index (χ0) is 19.9. The summed E-state index contributed by atoms with van der Waals surface area (Å²) < 4.78 is 0. The molecule has 1 fully saturated rings. The molecule has 1 atom stereocenters. The quantitative estimate of drug-likeness (QED) is 0.832. The highest BCUT2D eigenvalue weighted by atomic mass is 16.2. The van der Waals surface area contributed by atoms with E-state index in [-0.39, 0.29) is 6.03 Å². The molecule has 1 aliphatic rings. The van der Waals surface area contributed by atoms with Crippen molar-refractivity contribution in [3.8, 4) is 0 Å². The van der Waals surface area contributed by atoms with Gasteiger partial charge < -0.3 is 20.4 Å². The Morgan fingerprint density at radius 3 is 2.79 bits per heavy atom. The summed E-state index contributed by atoms with van der Waals surface area (Å²) in [6.07, 6.45) is 6.58. The fourth-order valence-electron chi connectivity index (χ4n) is 3.39. The molecule has 7 heteroatoms. The minimum absolute atomic E-state index is 0.0114. The van der Waals surface area contributed by atoms with Crippen LogP contribution in [0.3, 0.4) is 0 Å². The van der Waals surface area contributed by atoms with Gasteiger partial charge in [0, 0.05) is 39.4 Å². The molecule has 0 aromatic carbocycles. The van der Waals surface area contributed by atoms with Crippen LogP contribution in [-0.2, 0) is 6.54 Å². The summed E-state index contributed by atoms with van der Waals surface area (Å²) in [4.78, 5) is 25.2. The number of carbonyl (C=O) groups excluding carboxylic acids is 1. The number of aryl methyl sites for hydroxylation is 1. The van der Waals surface area contributed by atoms with Gasteiger partial charge in [0.1, 0.15) is 5.82 Å². The zero-order valence-electron chi connectivity index (χ0n) is 17.0. The molecule has 28 heavy (non-hydrogen) atoms. The highest BCUT2D eigenvalue weighted by Crippen LogP contribution is 2.18. The fraction of sp³-hybridized carbons (Fsp3) is 0.476. The van der Waals surface area contributed by atoms with Crippen molar-refractivity contribution >= 4 is 17.5 Å². The average molecular weight is 383 g/mol. The smallest absolute Gasteiger partial charge is 0.317 e. The summed E-state index contributed by atoms with van der Waals surface area (Å²) in [5, 5.41) is 6.57. The van der Waals surface area contributed by atoms with Crippen molar-refractivity contribution in [1.82, 2.24) is 20.2 Å². The highest BCUT2D eigenvalue weighted by Gasteiger charge is 2.20. The molecular formula is C21H30N6O. The number of hydrogen-bond donors (Lipinski definition) is 2. The number of carbonyl (C=O) groups is 1. The van der Waals surface area contributed by atoms with Crippen LogP contribution in [0.4, 0.5) is 16.3 Å². The Labute approximate surface area is 167 Å². The van der Waals surface area contributed by atoms with Crippen molar-refractivity contribution in [3.63, 3.8) is 0 Å². The molecule has 2 N–H and O–H groups in total. The van der Waals surface area contributed by atoms with Crippen LogP contribution in [0.5, 0.6) is 0 Å². The number of amides is 2. The Bertz CT molecular complexity index is 777. The van der Waals surface area contributed by atoms with E-state index in [2.05, 4.69) is 26.7 Å². The van der Waals surface area contributed by atoms with Gasteiger partial charge in [-0.25, -0.2) is 9.78 Å². The van der Waals surface area contributed by atoms with Crippen molar-refractivity contribution in [1.29, 1.82) is 0 Å². The van der Waals surface area contributed by atoms with E-state index in [1.807, 2.05) is 55.2 Å². The molecule has 1 saturated heterocycles. The Balaban J connectivity index is 1.48. The second-order valence-electron chi connectivity index (χ2n) is 7.48. The van der Waals surface area contributed by atoms with Crippen LogP contribution in [0.25, 0.3) is 0 Å². The van der Waals surface area contributed by atoms with Gasteiger partial charge in [-0.15, -0.1) is 0 Å².